The Bertz CT molecular complexity index is 1020. The van der Waals surface area contributed by atoms with Gasteiger partial charge in [0.05, 0.1) is 11.4 Å². The van der Waals surface area contributed by atoms with E-state index in [1.165, 1.54) is 4.31 Å². The van der Waals surface area contributed by atoms with Crippen molar-refractivity contribution in [2.45, 2.75) is 31.1 Å². The molecule has 0 saturated carbocycles. The van der Waals surface area contributed by atoms with Gasteiger partial charge in [-0.3, -0.25) is 9.59 Å². The van der Waals surface area contributed by atoms with Crippen molar-refractivity contribution in [2.75, 3.05) is 32.7 Å². The van der Waals surface area contributed by atoms with E-state index in [-0.39, 0.29) is 41.8 Å². The van der Waals surface area contributed by atoms with E-state index in [4.69, 9.17) is 0 Å². The third-order valence-electron chi connectivity index (χ3n) is 5.39. The SMILES string of the molecule is CC(C)(C)c1ccc(S(=O)(=O)N2CCN(C(=O)CNC(=O)c3ccccc3)CC2)cc1. The maximum atomic E-state index is 13.0. The number of hydrogen-bond acceptors (Lipinski definition) is 4. The molecule has 0 spiro atoms. The lowest BCUT2D eigenvalue weighted by Crippen LogP contribution is -2.52. The van der Waals surface area contributed by atoms with Crippen LogP contribution in [0.1, 0.15) is 36.7 Å². The highest BCUT2D eigenvalue weighted by Crippen LogP contribution is 2.25. The van der Waals surface area contributed by atoms with Gasteiger partial charge in [-0.15, -0.1) is 0 Å². The molecule has 1 saturated heterocycles. The van der Waals surface area contributed by atoms with Gasteiger partial charge < -0.3 is 10.2 Å². The number of carbonyl (C=O) groups is 2. The molecule has 0 bridgehead atoms. The number of nitrogens with one attached hydrogen (secondary N) is 1. The molecule has 7 nitrogen and oxygen atoms in total. The van der Waals surface area contributed by atoms with Crippen LogP contribution in [-0.2, 0) is 20.2 Å². The highest BCUT2D eigenvalue weighted by molar-refractivity contribution is 7.89. The highest BCUT2D eigenvalue weighted by atomic mass is 32.2. The van der Waals surface area contributed by atoms with E-state index < -0.39 is 10.0 Å². The van der Waals surface area contributed by atoms with Crippen LogP contribution in [0.5, 0.6) is 0 Å². The van der Waals surface area contributed by atoms with Crippen LogP contribution in [0.4, 0.5) is 0 Å². The van der Waals surface area contributed by atoms with Crippen LogP contribution in [0.2, 0.25) is 0 Å². The molecule has 31 heavy (non-hydrogen) atoms. The van der Waals surface area contributed by atoms with Crippen molar-refractivity contribution in [1.82, 2.24) is 14.5 Å². The Morgan fingerprint density at radius 3 is 2.03 bits per heavy atom. The monoisotopic (exact) mass is 443 g/mol. The number of benzene rings is 2. The number of piperazine rings is 1. The minimum absolute atomic E-state index is 0.0514. The fourth-order valence-corrected chi connectivity index (χ4v) is 4.84. The van der Waals surface area contributed by atoms with Gasteiger partial charge in [0.15, 0.2) is 0 Å². The third-order valence-corrected chi connectivity index (χ3v) is 7.30. The maximum Gasteiger partial charge on any atom is 0.251 e. The summed E-state index contributed by atoms with van der Waals surface area (Å²) in [6.07, 6.45) is 0. The van der Waals surface area contributed by atoms with Crippen LogP contribution in [0.3, 0.4) is 0 Å². The number of rotatable bonds is 5. The largest absolute Gasteiger partial charge is 0.343 e. The van der Waals surface area contributed by atoms with Gasteiger partial charge in [0, 0.05) is 31.7 Å². The fraction of sp³-hybridized carbons (Fsp3) is 0.391. The predicted molar refractivity (Wildman–Crippen MR) is 119 cm³/mol. The summed E-state index contributed by atoms with van der Waals surface area (Å²) in [5.41, 5.74) is 1.51. The molecule has 8 heteroatoms. The van der Waals surface area contributed by atoms with Crippen molar-refractivity contribution in [3.63, 3.8) is 0 Å². The number of carbonyl (C=O) groups excluding carboxylic acids is 2. The molecule has 1 aliphatic rings. The van der Waals surface area contributed by atoms with E-state index in [0.717, 1.165) is 5.56 Å². The highest BCUT2D eigenvalue weighted by Gasteiger charge is 2.30. The average Bonchev–Trinajstić information content (AvgIpc) is 2.77. The molecule has 2 aromatic carbocycles. The van der Waals surface area contributed by atoms with Crippen LogP contribution in [-0.4, -0.2) is 62.2 Å². The Kier molecular flexibility index (Phi) is 6.81. The zero-order chi connectivity index (χ0) is 22.6. The molecule has 0 atom stereocenters. The second kappa shape index (κ2) is 9.20. The molecule has 2 amide bonds. The average molecular weight is 444 g/mol. The van der Waals surface area contributed by atoms with Gasteiger partial charge in [-0.1, -0.05) is 51.1 Å². The minimum Gasteiger partial charge on any atom is -0.343 e. The van der Waals surface area contributed by atoms with Crippen LogP contribution in [0.25, 0.3) is 0 Å². The zero-order valence-corrected chi connectivity index (χ0v) is 19.0. The smallest absolute Gasteiger partial charge is 0.251 e. The molecular weight excluding hydrogens is 414 g/mol. The Labute approximate surface area is 184 Å². The molecule has 3 rings (SSSR count). The second-order valence-electron chi connectivity index (χ2n) is 8.61. The van der Waals surface area contributed by atoms with Crippen LogP contribution in [0.15, 0.2) is 59.5 Å². The lowest BCUT2D eigenvalue weighted by Gasteiger charge is -2.34. The topological polar surface area (TPSA) is 86.8 Å². The first-order valence-electron chi connectivity index (χ1n) is 10.3. The Morgan fingerprint density at radius 2 is 1.48 bits per heavy atom. The van der Waals surface area contributed by atoms with Gasteiger partial charge in [0.25, 0.3) is 5.91 Å². The first-order chi connectivity index (χ1) is 14.6. The first kappa shape index (κ1) is 23.0. The molecule has 2 aromatic rings. The summed E-state index contributed by atoms with van der Waals surface area (Å²) in [4.78, 5) is 26.4. The summed E-state index contributed by atoms with van der Waals surface area (Å²) in [5, 5.41) is 2.62. The standard InChI is InChI=1S/C23H29N3O4S/c1-23(2,3)19-9-11-20(12-10-19)31(29,30)26-15-13-25(14-16-26)21(27)17-24-22(28)18-7-5-4-6-8-18/h4-12H,13-17H2,1-3H3,(H,24,28). The quantitative estimate of drug-likeness (QED) is 0.768. The normalized spacial score (nSPS) is 15.5. The molecule has 0 unspecified atom stereocenters. The number of amides is 2. The summed E-state index contributed by atoms with van der Waals surface area (Å²) < 4.78 is 27.3. The van der Waals surface area contributed by atoms with Crippen molar-refractivity contribution in [1.29, 1.82) is 0 Å². The van der Waals surface area contributed by atoms with Gasteiger partial charge in [0.2, 0.25) is 15.9 Å². The van der Waals surface area contributed by atoms with Gasteiger partial charge in [-0.2, -0.15) is 4.31 Å². The van der Waals surface area contributed by atoms with E-state index in [9.17, 15) is 18.0 Å². The molecule has 1 aliphatic heterocycles. The Morgan fingerprint density at radius 1 is 0.903 bits per heavy atom. The molecule has 0 radical (unpaired) electrons. The molecule has 0 aromatic heterocycles. The van der Waals surface area contributed by atoms with E-state index in [0.29, 0.717) is 18.7 Å². The number of nitrogens with zero attached hydrogens (tertiary/aromatic N) is 2. The number of hydrogen-bond donors (Lipinski definition) is 1. The summed E-state index contributed by atoms with van der Waals surface area (Å²) in [6.45, 7) is 7.15. The van der Waals surface area contributed by atoms with E-state index in [2.05, 4.69) is 26.1 Å². The third kappa shape index (κ3) is 5.51. The van der Waals surface area contributed by atoms with Crippen LogP contribution < -0.4 is 5.32 Å². The maximum absolute atomic E-state index is 13.0. The van der Waals surface area contributed by atoms with Crippen molar-refractivity contribution in [3.8, 4) is 0 Å². The predicted octanol–water partition coefficient (Wildman–Crippen LogP) is 2.25. The summed E-state index contributed by atoms with van der Waals surface area (Å²) in [7, 11) is -3.61. The zero-order valence-electron chi connectivity index (χ0n) is 18.2. The molecular formula is C23H29N3O4S. The van der Waals surface area contributed by atoms with Crippen molar-refractivity contribution in [2.24, 2.45) is 0 Å². The van der Waals surface area contributed by atoms with Gasteiger partial charge in [0.1, 0.15) is 0 Å². The van der Waals surface area contributed by atoms with Gasteiger partial charge >= 0.3 is 0 Å². The van der Waals surface area contributed by atoms with E-state index in [1.807, 2.05) is 18.2 Å². The molecule has 1 heterocycles. The lowest BCUT2D eigenvalue weighted by molar-refractivity contribution is -0.131. The summed E-state index contributed by atoms with van der Waals surface area (Å²) in [5.74, 6) is -0.537. The first-order valence-corrected chi connectivity index (χ1v) is 11.7. The Balaban J connectivity index is 1.54. The minimum atomic E-state index is -3.61. The summed E-state index contributed by atoms with van der Waals surface area (Å²) >= 11 is 0. The van der Waals surface area contributed by atoms with E-state index in [1.54, 1.807) is 41.3 Å². The van der Waals surface area contributed by atoms with Crippen LogP contribution >= 0.6 is 0 Å². The Hall–Kier alpha value is -2.71. The lowest BCUT2D eigenvalue weighted by atomic mass is 9.87. The fourth-order valence-electron chi connectivity index (χ4n) is 3.41. The molecule has 1 fully saturated rings. The van der Waals surface area contributed by atoms with Crippen molar-refractivity contribution < 1.29 is 18.0 Å². The number of sulfonamides is 1. The molecule has 166 valence electrons. The van der Waals surface area contributed by atoms with Crippen molar-refractivity contribution in [3.05, 3.63) is 65.7 Å². The van der Waals surface area contributed by atoms with Gasteiger partial charge in [-0.25, -0.2) is 8.42 Å². The van der Waals surface area contributed by atoms with E-state index >= 15 is 0 Å². The molecule has 0 aliphatic carbocycles. The van der Waals surface area contributed by atoms with Crippen molar-refractivity contribution >= 4 is 21.8 Å². The summed E-state index contributed by atoms with van der Waals surface area (Å²) in [6, 6.07) is 15.7. The van der Waals surface area contributed by atoms with Crippen LogP contribution in [0, 0.1) is 0 Å². The second-order valence-corrected chi connectivity index (χ2v) is 10.5. The van der Waals surface area contributed by atoms with Gasteiger partial charge in [-0.05, 0) is 35.2 Å². The molecule has 1 N–H and O–H groups in total.